The van der Waals surface area contributed by atoms with E-state index in [0.29, 0.717) is 11.5 Å². The smallest absolute Gasteiger partial charge is 0.400 e. The number of phosphoric ester groups is 1. The molecule has 2 aliphatic carbocycles. The van der Waals surface area contributed by atoms with E-state index in [9.17, 15) is 9.46 Å². The second-order valence-corrected chi connectivity index (χ2v) is 7.13. The lowest BCUT2D eigenvalue weighted by atomic mass is 9.96. The summed E-state index contributed by atoms with van der Waals surface area (Å²) < 4.78 is 23.1. The molecule has 0 saturated carbocycles. The maximum Gasteiger partial charge on any atom is 0.584 e. The molecule has 0 aromatic carbocycles. The fraction of sp³-hybridized carbons (Fsp3) is 0.750. The third-order valence-electron chi connectivity index (χ3n) is 4.36. The van der Waals surface area contributed by atoms with Crippen LogP contribution in [-0.4, -0.2) is 4.89 Å². The topological polar surface area (TPSA) is 55.8 Å². The van der Waals surface area contributed by atoms with Gasteiger partial charge >= 0.3 is 7.82 Å². The second kappa shape index (κ2) is 7.51. The summed E-state index contributed by atoms with van der Waals surface area (Å²) >= 11 is 0. The Hall–Kier alpha value is -0.730. The summed E-state index contributed by atoms with van der Waals surface area (Å²) in [5.41, 5.74) is 2.32. The van der Waals surface area contributed by atoms with Crippen molar-refractivity contribution in [3.05, 3.63) is 22.7 Å². The van der Waals surface area contributed by atoms with Crippen LogP contribution >= 0.6 is 7.82 Å². The summed E-state index contributed by atoms with van der Waals surface area (Å²) in [5, 5.41) is 0. The zero-order valence-corrected chi connectivity index (χ0v) is 14.1. The van der Waals surface area contributed by atoms with E-state index in [1.165, 1.54) is 0 Å². The lowest BCUT2D eigenvalue weighted by Gasteiger charge is -2.25. The minimum Gasteiger partial charge on any atom is -0.400 e. The Morgan fingerprint density at radius 2 is 1.24 bits per heavy atom. The van der Waals surface area contributed by atoms with Gasteiger partial charge in [0.2, 0.25) is 0 Å². The summed E-state index contributed by atoms with van der Waals surface area (Å²) in [6.07, 6.45) is 9.48. The van der Waals surface area contributed by atoms with Crippen molar-refractivity contribution < 1.29 is 18.5 Å². The zero-order chi connectivity index (χ0) is 15.3. The third-order valence-corrected chi connectivity index (χ3v) is 5.26. The van der Waals surface area contributed by atoms with Crippen molar-refractivity contribution in [3.8, 4) is 0 Å². The van der Waals surface area contributed by atoms with Gasteiger partial charge in [0.05, 0.1) is 0 Å². The maximum absolute atomic E-state index is 12.3. The van der Waals surface area contributed by atoms with Crippen molar-refractivity contribution in [3.63, 3.8) is 0 Å². The molecular formula is C16H27O4P. The summed E-state index contributed by atoms with van der Waals surface area (Å²) in [5.74, 6) is 1.37. The van der Waals surface area contributed by atoms with E-state index < -0.39 is 7.82 Å². The van der Waals surface area contributed by atoms with Crippen molar-refractivity contribution in [2.75, 3.05) is 0 Å². The Morgan fingerprint density at radius 3 is 1.62 bits per heavy atom. The highest BCUT2D eigenvalue weighted by Crippen LogP contribution is 2.52. The molecule has 0 aromatic heterocycles. The van der Waals surface area contributed by atoms with E-state index in [1.807, 2.05) is 0 Å². The highest BCUT2D eigenvalue weighted by molar-refractivity contribution is 7.47. The first kappa shape index (κ1) is 16.6. The largest absolute Gasteiger partial charge is 0.584 e. The van der Waals surface area contributed by atoms with Crippen molar-refractivity contribution >= 4 is 7.82 Å². The lowest BCUT2D eigenvalue weighted by molar-refractivity contribution is 0.197. The average Bonchev–Trinajstić information content (AvgIpc) is 2.47. The molecule has 1 N–H and O–H groups in total. The van der Waals surface area contributed by atoms with Gasteiger partial charge in [0.1, 0.15) is 11.5 Å². The van der Waals surface area contributed by atoms with Crippen molar-refractivity contribution in [1.29, 1.82) is 0 Å². The van der Waals surface area contributed by atoms with Gasteiger partial charge in [0.25, 0.3) is 0 Å². The SMILES string of the molecule is CCC1=C(OP(=O)(O)OC2=C(CC)CCCC2)CCCC1. The van der Waals surface area contributed by atoms with E-state index in [4.69, 9.17) is 9.05 Å². The molecule has 0 heterocycles. The fourth-order valence-electron chi connectivity index (χ4n) is 3.15. The first-order chi connectivity index (χ1) is 10.1. The lowest BCUT2D eigenvalue weighted by Crippen LogP contribution is -2.06. The predicted octanol–water partition coefficient (Wildman–Crippen LogP) is 5.60. The van der Waals surface area contributed by atoms with E-state index in [-0.39, 0.29) is 0 Å². The molecule has 5 heteroatoms. The van der Waals surface area contributed by atoms with Gasteiger partial charge in [0.15, 0.2) is 0 Å². The molecule has 0 aromatic rings. The minimum atomic E-state index is -4.05. The van der Waals surface area contributed by atoms with Crippen LogP contribution in [0.25, 0.3) is 0 Å². The average molecular weight is 314 g/mol. The van der Waals surface area contributed by atoms with E-state index >= 15 is 0 Å². The molecule has 21 heavy (non-hydrogen) atoms. The number of rotatable bonds is 6. The van der Waals surface area contributed by atoms with Crippen molar-refractivity contribution in [2.24, 2.45) is 0 Å². The molecule has 0 saturated heterocycles. The molecule has 0 radical (unpaired) electrons. The van der Waals surface area contributed by atoms with Gasteiger partial charge in [-0.05, 0) is 62.5 Å². The van der Waals surface area contributed by atoms with Crippen LogP contribution in [0.4, 0.5) is 0 Å². The first-order valence-electron chi connectivity index (χ1n) is 8.19. The van der Waals surface area contributed by atoms with Gasteiger partial charge in [-0.25, -0.2) is 4.57 Å². The Kier molecular flexibility index (Phi) is 5.95. The molecule has 0 bridgehead atoms. The van der Waals surface area contributed by atoms with Gasteiger partial charge in [0, 0.05) is 12.8 Å². The van der Waals surface area contributed by atoms with Crippen LogP contribution in [-0.2, 0) is 13.6 Å². The van der Waals surface area contributed by atoms with Crippen LogP contribution in [0.1, 0.15) is 78.1 Å². The summed E-state index contributed by atoms with van der Waals surface area (Å²) in [6.45, 7) is 4.12. The van der Waals surface area contributed by atoms with E-state index in [2.05, 4.69) is 13.8 Å². The van der Waals surface area contributed by atoms with E-state index in [1.54, 1.807) is 0 Å². The van der Waals surface area contributed by atoms with Crippen LogP contribution in [0.5, 0.6) is 0 Å². The number of hydrogen-bond donors (Lipinski definition) is 1. The Balaban J connectivity index is 2.09. The summed E-state index contributed by atoms with van der Waals surface area (Å²) in [7, 11) is -4.05. The standard InChI is InChI=1S/C16H27O4P/c1-3-13-9-5-7-11-15(13)19-21(17,18)20-16-12-8-6-10-14(16)4-2/h3-12H2,1-2H3,(H,17,18). The van der Waals surface area contributed by atoms with Crippen LogP contribution in [0.15, 0.2) is 22.7 Å². The number of hydrogen-bond acceptors (Lipinski definition) is 3. The highest BCUT2D eigenvalue weighted by atomic mass is 31.2. The van der Waals surface area contributed by atoms with Crippen LogP contribution < -0.4 is 0 Å². The molecule has 120 valence electrons. The Morgan fingerprint density at radius 1 is 0.857 bits per heavy atom. The van der Waals surface area contributed by atoms with Crippen molar-refractivity contribution in [2.45, 2.75) is 78.1 Å². The molecule has 4 nitrogen and oxygen atoms in total. The van der Waals surface area contributed by atoms with E-state index in [0.717, 1.165) is 75.4 Å². The molecule has 0 fully saturated rings. The second-order valence-electron chi connectivity index (χ2n) is 5.83. The third kappa shape index (κ3) is 4.62. The van der Waals surface area contributed by atoms with Crippen molar-refractivity contribution in [1.82, 2.24) is 0 Å². The monoisotopic (exact) mass is 314 g/mol. The number of allylic oxidation sites excluding steroid dienone is 4. The minimum absolute atomic E-state index is 0.684. The Labute approximate surface area is 127 Å². The van der Waals surface area contributed by atoms with Gasteiger partial charge in [-0.2, -0.15) is 0 Å². The molecule has 2 aliphatic rings. The van der Waals surface area contributed by atoms with Crippen LogP contribution in [0.3, 0.4) is 0 Å². The molecule has 0 amide bonds. The molecule has 2 rings (SSSR count). The normalized spacial score (nSPS) is 20.7. The zero-order valence-electron chi connectivity index (χ0n) is 13.2. The van der Waals surface area contributed by atoms with Crippen LogP contribution in [0, 0.1) is 0 Å². The summed E-state index contributed by atoms with van der Waals surface area (Å²) in [6, 6.07) is 0. The quantitative estimate of drug-likeness (QED) is 0.649. The highest BCUT2D eigenvalue weighted by Gasteiger charge is 2.30. The fourth-order valence-corrected chi connectivity index (χ4v) is 4.18. The van der Waals surface area contributed by atoms with Gasteiger partial charge in [-0.1, -0.05) is 13.8 Å². The molecule has 0 atom stereocenters. The maximum atomic E-state index is 12.3. The summed E-state index contributed by atoms with van der Waals surface area (Å²) in [4.78, 5) is 10.1. The van der Waals surface area contributed by atoms with Crippen LogP contribution in [0.2, 0.25) is 0 Å². The predicted molar refractivity (Wildman–Crippen MR) is 83.6 cm³/mol. The molecule has 0 unspecified atom stereocenters. The molecule has 0 spiro atoms. The first-order valence-corrected chi connectivity index (χ1v) is 9.69. The molecular weight excluding hydrogens is 287 g/mol. The molecule has 0 aliphatic heterocycles. The van der Waals surface area contributed by atoms with Gasteiger partial charge < -0.3 is 9.05 Å². The number of phosphoric acid groups is 1. The van der Waals surface area contributed by atoms with Gasteiger partial charge in [-0.3, -0.25) is 4.89 Å². The Bertz CT molecular complexity index is 439. The van der Waals surface area contributed by atoms with Gasteiger partial charge in [-0.15, -0.1) is 0 Å².